The summed E-state index contributed by atoms with van der Waals surface area (Å²) in [6, 6.07) is 13.4. The van der Waals surface area contributed by atoms with Crippen molar-refractivity contribution in [3.63, 3.8) is 0 Å². The maximum absolute atomic E-state index is 12.7. The summed E-state index contributed by atoms with van der Waals surface area (Å²) in [4.78, 5) is 29.5. The number of fused-ring (bicyclic) bond motifs is 1. The summed E-state index contributed by atoms with van der Waals surface area (Å²) in [6.45, 7) is 3.20. The summed E-state index contributed by atoms with van der Waals surface area (Å²) in [6.07, 6.45) is 1.69. The molecule has 2 heterocycles. The molecular weight excluding hydrogens is 374 g/mol. The number of carbonyl (C=O) groups excluding carboxylic acids is 2. The van der Waals surface area contributed by atoms with E-state index in [-0.39, 0.29) is 11.8 Å². The van der Waals surface area contributed by atoms with Crippen LogP contribution in [0.25, 0.3) is 0 Å². The second-order valence-electron chi connectivity index (χ2n) is 7.71. The number of aryl methyl sites for hydroxylation is 1. The molecule has 1 saturated heterocycles. The zero-order valence-corrected chi connectivity index (χ0v) is 16.9. The van der Waals surface area contributed by atoms with E-state index in [2.05, 4.69) is 10.2 Å². The van der Waals surface area contributed by atoms with Crippen LogP contribution in [0.4, 0.5) is 5.69 Å². The zero-order chi connectivity index (χ0) is 19.9. The third kappa shape index (κ3) is 3.24. The number of carbonyl (C=O) groups is 2. The first-order valence-electron chi connectivity index (χ1n) is 9.58. The van der Waals surface area contributed by atoms with Crippen molar-refractivity contribution in [2.75, 3.05) is 25.0 Å². The van der Waals surface area contributed by atoms with Crippen molar-refractivity contribution in [1.29, 1.82) is 0 Å². The van der Waals surface area contributed by atoms with E-state index in [1.165, 1.54) is 0 Å². The molecule has 0 bridgehead atoms. The number of nitrogens with one attached hydrogen (secondary N) is 1. The average Bonchev–Trinajstić information content (AvgIpc) is 2.68. The molecule has 146 valence electrons. The second-order valence-corrected chi connectivity index (χ2v) is 8.12. The third-order valence-electron chi connectivity index (χ3n) is 5.99. The Morgan fingerprint density at radius 1 is 1.18 bits per heavy atom. The van der Waals surface area contributed by atoms with Gasteiger partial charge in [0.05, 0.1) is 17.7 Å². The minimum atomic E-state index is -0.444. The molecule has 1 fully saturated rings. The molecule has 5 nitrogen and oxygen atoms in total. The SMILES string of the molecule is Cc1ccc2c(c1)C(=O)NC1(CCN(C(=O)Cc3ccccc3Cl)CC1)N2C. The van der Waals surface area contributed by atoms with Crippen LogP contribution in [0.1, 0.15) is 34.3 Å². The molecule has 1 N–H and O–H groups in total. The summed E-state index contributed by atoms with van der Waals surface area (Å²) >= 11 is 6.19. The quantitative estimate of drug-likeness (QED) is 0.845. The minimum Gasteiger partial charge on any atom is -0.351 e. The number of benzene rings is 2. The number of anilines is 1. The van der Waals surface area contributed by atoms with Crippen LogP contribution in [-0.4, -0.2) is 42.5 Å². The highest BCUT2D eigenvalue weighted by atomic mass is 35.5. The molecule has 1 spiro atoms. The topological polar surface area (TPSA) is 52.7 Å². The largest absolute Gasteiger partial charge is 0.351 e. The number of hydrogen-bond donors (Lipinski definition) is 1. The number of hydrogen-bond acceptors (Lipinski definition) is 3. The molecule has 28 heavy (non-hydrogen) atoms. The van der Waals surface area contributed by atoms with Crippen LogP contribution in [0.5, 0.6) is 0 Å². The molecule has 0 radical (unpaired) electrons. The summed E-state index contributed by atoms with van der Waals surface area (Å²) in [5.41, 5.74) is 3.14. The molecule has 0 saturated carbocycles. The van der Waals surface area contributed by atoms with Gasteiger partial charge in [-0.25, -0.2) is 0 Å². The van der Waals surface area contributed by atoms with Gasteiger partial charge in [-0.1, -0.05) is 41.4 Å². The highest BCUT2D eigenvalue weighted by molar-refractivity contribution is 6.31. The van der Waals surface area contributed by atoms with Crippen LogP contribution >= 0.6 is 11.6 Å². The Morgan fingerprint density at radius 3 is 2.61 bits per heavy atom. The summed E-state index contributed by atoms with van der Waals surface area (Å²) in [5.74, 6) is 0.0383. The standard InChI is InChI=1S/C22H24ClN3O2/c1-15-7-8-19-17(13-15)21(28)24-22(25(19)2)9-11-26(12-10-22)20(27)14-16-5-3-4-6-18(16)23/h3-8,13H,9-12,14H2,1-2H3,(H,24,28). The number of rotatable bonds is 2. The molecule has 0 aromatic heterocycles. The zero-order valence-electron chi connectivity index (χ0n) is 16.2. The predicted molar refractivity (Wildman–Crippen MR) is 111 cm³/mol. The van der Waals surface area contributed by atoms with E-state index in [0.29, 0.717) is 42.9 Å². The van der Waals surface area contributed by atoms with Crippen LogP contribution in [0, 0.1) is 6.92 Å². The Balaban J connectivity index is 1.48. The Labute approximate surface area is 170 Å². The maximum Gasteiger partial charge on any atom is 0.255 e. The van der Waals surface area contributed by atoms with Gasteiger partial charge in [0.15, 0.2) is 0 Å². The lowest BCUT2D eigenvalue weighted by Gasteiger charge is -2.51. The third-order valence-corrected chi connectivity index (χ3v) is 6.36. The van der Waals surface area contributed by atoms with E-state index in [1.807, 2.05) is 55.3 Å². The highest BCUT2D eigenvalue weighted by Crippen LogP contribution is 2.36. The van der Waals surface area contributed by atoms with Crippen LogP contribution < -0.4 is 10.2 Å². The Morgan fingerprint density at radius 2 is 1.89 bits per heavy atom. The van der Waals surface area contributed by atoms with Gasteiger partial charge in [-0.15, -0.1) is 0 Å². The van der Waals surface area contributed by atoms with Gasteiger partial charge in [-0.05, 0) is 30.7 Å². The Bertz CT molecular complexity index is 935. The van der Waals surface area contributed by atoms with Crippen molar-refractivity contribution in [3.05, 3.63) is 64.2 Å². The van der Waals surface area contributed by atoms with Crippen LogP contribution in [0.15, 0.2) is 42.5 Å². The van der Waals surface area contributed by atoms with Crippen molar-refractivity contribution in [2.45, 2.75) is 31.8 Å². The monoisotopic (exact) mass is 397 g/mol. The van der Waals surface area contributed by atoms with Gasteiger partial charge in [-0.3, -0.25) is 9.59 Å². The van der Waals surface area contributed by atoms with E-state index >= 15 is 0 Å². The van der Waals surface area contributed by atoms with Gasteiger partial charge in [0, 0.05) is 38.0 Å². The van der Waals surface area contributed by atoms with Gasteiger partial charge < -0.3 is 15.1 Å². The van der Waals surface area contributed by atoms with Crippen LogP contribution in [-0.2, 0) is 11.2 Å². The van der Waals surface area contributed by atoms with Crippen molar-refractivity contribution < 1.29 is 9.59 Å². The van der Waals surface area contributed by atoms with Gasteiger partial charge in [0.1, 0.15) is 5.66 Å². The molecule has 2 amide bonds. The maximum atomic E-state index is 12.7. The molecule has 2 aliphatic heterocycles. The number of amides is 2. The highest BCUT2D eigenvalue weighted by Gasteiger charge is 2.44. The van der Waals surface area contributed by atoms with Crippen LogP contribution in [0.2, 0.25) is 5.02 Å². The number of piperidine rings is 1. The van der Waals surface area contributed by atoms with Gasteiger partial charge in [-0.2, -0.15) is 0 Å². The Kier molecular flexibility index (Phi) is 4.79. The van der Waals surface area contributed by atoms with Crippen molar-refractivity contribution in [1.82, 2.24) is 10.2 Å². The molecule has 2 aliphatic rings. The first-order chi connectivity index (χ1) is 13.4. The molecule has 2 aromatic carbocycles. The molecule has 0 atom stereocenters. The summed E-state index contributed by atoms with van der Waals surface area (Å²) in [5, 5.41) is 3.83. The number of nitrogens with zero attached hydrogens (tertiary/aromatic N) is 2. The lowest BCUT2D eigenvalue weighted by atomic mass is 9.90. The molecule has 4 rings (SSSR count). The smallest absolute Gasteiger partial charge is 0.255 e. The molecule has 2 aromatic rings. The normalized spacial score (nSPS) is 18.0. The first-order valence-corrected chi connectivity index (χ1v) is 9.96. The van der Waals surface area contributed by atoms with Crippen molar-refractivity contribution in [3.8, 4) is 0 Å². The fourth-order valence-electron chi connectivity index (χ4n) is 4.22. The summed E-state index contributed by atoms with van der Waals surface area (Å²) < 4.78 is 0. The van der Waals surface area contributed by atoms with E-state index in [9.17, 15) is 9.59 Å². The molecule has 0 aliphatic carbocycles. The molecule has 0 unspecified atom stereocenters. The van der Waals surface area contributed by atoms with E-state index in [0.717, 1.165) is 16.8 Å². The number of likely N-dealkylation sites (tertiary alicyclic amines) is 1. The minimum absolute atomic E-state index is 0.0346. The fourth-order valence-corrected chi connectivity index (χ4v) is 4.42. The van der Waals surface area contributed by atoms with E-state index in [4.69, 9.17) is 11.6 Å². The lowest BCUT2D eigenvalue weighted by molar-refractivity contribution is -0.132. The van der Waals surface area contributed by atoms with Crippen molar-refractivity contribution >= 4 is 29.1 Å². The second kappa shape index (κ2) is 7.13. The molecule has 6 heteroatoms. The first kappa shape index (κ1) is 18.8. The van der Waals surface area contributed by atoms with Gasteiger partial charge >= 0.3 is 0 Å². The van der Waals surface area contributed by atoms with Crippen molar-refractivity contribution in [2.24, 2.45) is 0 Å². The van der Waals surface area contributed by atoms with Gasteiger partial charge in [0.25, 0.3) is 5.91 Å². The predicted octanol–water partition coefficient (Wildman–Crippen LogP) is 3.39. The summed E-state index contributed by atoms with van der Waals surface area (Å²) in [7, 11) is 2.02. The number of halogens is 1. The molecular formula is C22H24ClN3O2. The Hall–Kier alpha value is -2.53. The van der Waals surface area contributed by atoms with Crippen LogP contribution in [0.3, 0.4) is 0 Å². The van der Waals surface area contributed by atoms with E-state index in [1.54, 1.807) is 6.07 Å². The lowest BCUT2D eigenvalue weighted by Crippen LogP contribution is -2.67. The average molecular weight is 398 g/mol. The fraction of sp³-hybridized carbons (Fsp3) is 0.364. The van der Waals surface area contributed by atoms with Gasteiger partial charge in [0.2, 0.25) is 5.91 Å². The van der Waals surface area contributed by atoms with E-state index < -0.39 is 5.66 Å².